The number of carboxylic acid groups (broad SMARTS) is 1. The Kier molecular flexibility index (Phi) is 7.59. The molecular weight excluding hydrogens is 484 g/mol. The van der Waals surface area contributed by atoms with E-state index in [1.807, 2.05) is 44.3 Å². The van der Waals surface area contributed by atoms with E-state index in [2.05, 4.69) is 6.58 Å². The number of aliphatic carboxylic acids is 1. The van der Waals surface area contributed by atoms with E-state index in [1.54, 1.807) is 40.6 Å². The molecule has 0 spiro atoms. The Hall–Kier alpha value is -2.75. The number of sulfonamides is 1. The highest BCUT2D eigenvalue weighted by Gasteiger charge is 2.34. The Bertz CT molecular complexity index is 1330. The predicted molar refractivity (Wildman–Crippen MR) is 139 cm³/mol. The van der Waals surface area contributed by atoms with Gasteiger partial charge in [-0.25, -0.2) is 8.42 Å². The van der Waals surface area contributed by atoms with Crippen LogP contribution < -0.4 is 4.74 Å². The summed E-state index contributed by atoms with van der Waals surface area (Å²) in [6.45, 7) is 8.21. The SMILES string of the molecule is C=CCSc1ccc2c(C3CCN(S(=O)(=O)c4ccc(OC(C)C)cc4)C3)cn(CC(=O)O)c2c1. The first-order valence-corrected chi connectivity index (χ1v) is 14.0. The van der Waals surface area contributed by atoms with E-state index in [-0.39, 0.29) is 23.5 Å². The molecule has 35 heavy (non-hydrogen) atoms. The number of ether oxygens (including phenoxy) is 1. The number of hydrogen-bond acceptors (Lipinski definition) is 5. The van der Waals surface area contributed by atoms with Gasteiger partial charge in [-0.2, -0.15) is 4.31 Å². The van der Waals surface area contributed by atoms with Crippen molar-refractivity contribution in [3.05, 3.63) is 66.9 Å². The van der Waals surface area contributed by atoms with Crippen LogP contribution in [0.1, 0.15) is 31.7 Å². The highest BCUT2D eigenvalue weighted by molar-refractivity contribution is 7.99. The number of nitrogens with zero attached hydrogens (tertiary/aromatic N) is 2. The van der Waals surface area contributed by atoms with E-state index in [0.717, 1.165) is 27.1 Å². The molecule has 2 heterocycles. The van der Waals surface area contributed by atoms with E-state index in [4.69, 9.17) is 4.74 Å². The maximum Gasteiger partial charge on any atom is 0.323 e. The molecule has 186 valence electrons. The second-order valence-electron chi connectivity index (χ2n) is 8.87. The minimum absolute atomic E-state index is 0.0108. The van der Waals surface area contributed by atoms with Gasteiger partial charge in [0.25, 0.3) is 0 Å². The van der Waals surface area contributed by atoms with Crippen molar-refractivity contribution in [1.29, 1.82) is 0 Å². The molecule has 0 bridgehead atoms. The van der Waals surface area contributed by atoms with Gasteiger partial charge in [0, 0.05) is 46.8 Å². The molecule has 0 radical (unpaired) electrons. The zero-order valence-corrected chi connectivity index (χ0v) is 21.5. The van der Waals surface area contributed by atoms with E-state index in [9.17, 15) is 18.3 Å². The van der Waals surface area contributed by atoms with Crippen molar-refractivity contribution in [2.45, 2.75) is 48.6 Å². The molecule has 7 nitrogen and oxygen atoms in total. The largest absolute Gasteiger partial charge is 0.491 e. The third kappa shape index (κ3) is 5.58. The summed E-state index contributed by atoms with van der Waals surface area (Å²) in [7, 11) is -3.64. The van der Waals surface area contributed by atoms with Gasteiger partial charge < -0.3 is 14.4 Å². The Morgan fingerprint density at radius 2 is 2.00 bits per heavy atom. The summed E-state index contributed by atoms with van der Waals surface area (Å²) in [5, 5.41) is 10.4. The van der Waals surface area contributed by atoms with Crippen molar-refractivity contribution in [1.82, 2.24) is 8.87 Å². The fourth-order valence-corrected chi connectivity index (χ4v) is 6.63. The first-order valence-electron chi connectivity index (χ1n) is 11.5. The lowest BCUT2D eigenvalue weighted by molar-refractivity contribution is -0.137. The monoisotopic (exact) mass is 514 g/mol. The number of fused-ring (bicyclic) bond motifs is 1. The fraction of sp³-hybridized carbons (Fsp3) is 0.346. The molecule has 0 saturated carbocycles. The number of rotatable bonds is 10. The van der Waals surface area contributed by atoms with Crippen molar-refractivity contribution >= 4 is 38.7 Å². The third-order valence-electron chi connectivity index (χ3n) is 5.98. The number of hydrogen-bond donors (Lipinski definition) is 1. The average Bonchev–Trinajstić information content (AvgIpc) is 3.43. The molecule has 1 aromatic heterocycles. The highest BCUT2D eigenvalue weighted by atomic mass is 32.2. The minimum Gasteiger partial charge on any atom is -0.491 e. The van der Waals surface area contributed by atoms with Crippen LogP contribution in [0, 0.1) is 0 Å². The van der Waals surface area contributed by atoms with Crippen molar-refractivity contribution in [2.75, 3.05) is 18.8 Å². The van der Waals surface area contributed by atoms with Crippen LogP contribution in [0.3, 0.4) is 0 Å². The molecular formula is C26H30N2O5S2. The molecule has 1 aliphatic rings. The number of aromatic nitrogens is 1. The van der Waals surface area contributed by atoms with Gasteiger partial charge in [-0.3, -0.25) is 4.79 Å². The molecule has 3 aromatic rings. The van der Waals surface area contributed by atoms with E-state index in [1.165, 1.54) is 4.31 Å². The Morgan fingerprint density at radius 3 is 2.66 bits per heavy atom. The van der Waals surface area contributed by atoms with Gasteiger partial charge in [0.1, 0.15) is 12.3 Å². The quantitative estimate of drug-likeness (QED) is 0.304. The zero-order chi connectivity index (χ0) is 25.2. The van der Waals surface area contributed by atoms with Gasteiger partial charge in [0.05, 0.1) is 11.0 Å². The van der Waals surface area contributed by atoms with Crippen molar-refractivity contribution < 1.29 is 23.1 Å². The second-order valence-corrected chi connectivity index (χ2v) is 11.9. The molecule has 0 aliphatic carbocycles. The lowest BCUT2D eigenvalue weighted by atomic mass is 9.98. The summed E-state index contributed by atoms with van der Waals surface area (Å²) in [6.07, 6.45) is 4.39. The van der Waals surface area contributed by atoms with Gasteiger partial charge in [-0.15, -0.1) is 18.3 Å². The van der Waals surface area contributed by atoms with Crippen LogP contribution in [0.2, 0.25) is 0 Å². The summed E-state index contributed by atoms with van der Waals surface area (Å²) in [6, 6.07) is 12.6. The summed E-state index contributed by atoms with van der Waals surface area (Å²) in [5.74, 6) is 0.462. The summed E-state index contributed by atoms with van der Waals surface area (Å²) in [4.78, 5) is 12.8. The summed E-state index contributed by atoms with van der Waals surface area (Å²) in [5.41, 5.74) is 1.83. The topological polar surface area (TPSA) is 88.8 Å². The smallest absolute Gasteiger partial charge is 0.323 e. The molecule has 2 aromatic carbocycles. The lowest BCUT2D eigenvalue weighted by Gasteiger charge is -2.17. The van der Waals surface area contributed by atoms with E-state index in [0.29, 0.717) is 25.3 Å². The third-order valence-corrected chi connectivity index (χ3v) is 8.85. The predicted octanol–water partition coefficient (Wildman–Crippen LogP) is 4.97. The van der Waals surface area contributed by atoms with Gasteiger partial charge in [-0.05, 0) is 62.2 Å². The Morgan fingerprint density at radius 1 is 1.26 bits per heavy atom. The fourth-order valence-electron chi connectivity index (χ4n) is 4.46. The number of carboxylic acids is 1. The highest BCUT2D eigenvalue weighted by Crippen LogP contribution is 2.37. The van der Waals surface area contributed by atoms with Crippen molar-refractivity contribution in [3.8, 4) is 5.75 Å². The molecule has 0 amide bonds. The molecule has 1 atom stereocenters. The van der Waals surface area contributed by atoms with Crippen LogP contribution in [0.5, 0.6) is 5.75 Å². The van der Waals surface area contributed by atoms with E-state index < -0.39 is 16.0 Å². The van der Waals surface area contributed by atoms with Crippen molar-refractivity contribution in [3.63, 3.8) is 0 Å². The first-order chi connectivity index (χ1) is 16.7. The summed E-state index contributed by atoms with van der Waals surface area (Å²) >= 11 is 1.63. The van der Waals surface area contributed by atoms with Gasteiger partial charge in [-0.1, -0.05) is 12.1 Å². The number of benzene rings is 2. The normalized spacial score (nSPS) is 16.7. The second kappa shape index (κ2) is 10.5. The Balaban J connectivity index is 1.59. The van der Waals surface area contributed by atoms with Crippen molar-refractivity contribution in [2.24, 2.45) is 0 Å². The van der Waals surface area contributed by atoms with Crippen LogP contribution >= 0.6 is 11.8 Å². The van der Waals surface area contributed by atoms with Gasteiger partial charge in [0.2, 0.25) is 10.0 Å². The van der Waals surface area contributed by atoms with Gasteiger partial charge in [0.15, 0.2) is 0 Å². The maximum absolute atomic E-state index is 13.3. The van der Waals surface area contributed by atoms with Crippen LogP contribution in [0.15, 0.2) is 71.1 Å². The molecule has 9 heteroatoms. The number of thioether (sulfide) groups is 1. The minimum atomic E-state index is -3.64. The van der Waals surface area contributed by atoms with Gasteiger partial charge >= 0.3 is 5.97 Å². The zero-order valence-electron chi connectivity index (χ0n) is 19.9. The average molecular weight is 515 g/mol. The van der Waals surface area contributed by atoms with Crippen LogP contribution in [0.25, 0.3) is 10.9 Å². The summed E-state index contributed by atoms with van der Waals surface area (Å²) < 4.78 is 35.5. The molecule has 1 fully saturated rings. The lowest BCUT2D eigenvalue weighted by Crippen LogP contribution is -2.28. The van der Waals surface area contributed by atoms with Crippen LogP contribution in [-0.2, 0) is 21.4 Å². The molecule has 1 unspecified atom stereocenters. The molecule has 1 N–H and O–H groups in total. The molecule has 1 saturated heterocycles. The van der Waals surface area contributed by atoms with Crippen LogP contribution in [0.4, 0.5) is 0 Å². The maximum atomic E-state index is 13.3. The molecule has 1 aliphatic heterocycles. The van der Waals surface area contributed by atoms with Crippen LogP contribution in [-0.4, -0.2) is 53.3 Å². The standard InChI is InChI=1S/C26H30N2O5S2/c1-4-13-34-21-7-10-23-24(16-27(17-26(29)30)25(23)14-21)19-11-12-28(15-19)35(31,32)22-8-5-20(6-9-22)33-18(2)3/h4-10,14,16,18-19H,1,11-13,15,17H2,2-3H3,(H,29,30). The Labute approximate surface area is 210 Å². The first kappa shape index (κ1) is 25.3. The van der Waals surface area contributed by atoms with E-state index >= 15 is 0 Å². The molecule has 4 rings (SSSR count). The number of carbonyl (C=O) groups is 1.